The van der Waals surface area contributed by atoms with Crippen LogP contribution in [-0.2, 0) is 4.74 Å². The molecule has 2 aliphatic carbocycles. The van der Waals surface area contributed by atoms with Crippen LogP contribution in [0.15, 0.2) is 0 Å². The average molecular weight is 294 g/mol. The highest BCUT2D eigenvalue weighted by Gasteiger charge is 2.37. The molecule has 4 atom stereocenters. The first-order chi connectivity index (χ1) is 10.4. The van der Waals surface area contributed by atoms with Crippen LogP contribution < -0.4 is 5.32 Å². The van der Waals surface area contributed by atoms with Crippen LogP contribution in [0, 0.1) is 5.92 Å². The second-order valence-electron chi connectivity index (χ2n) is 7.36. The molecule has 1 heterocycles. The molecule has 4 unspecified atom stereocenters. The van der Waals surface area contributed by atoms with Gasteiger partial charge in [-0.2, -0.15) is 0 Å². The monoisotopic (exact) mass is 294 g/mol. The molecule has 21 heavy (non-hydrogen) atoms. The molecule has 3 fully saturated rings. The predicted octanol–water partition coefficient (Wildman–Crippen LogP) is 3.19. The summed E-state index contributed by atoms with van der Waals surface area (Å²) < 4.78 is 5.98. The number of fused-ring (bicyclic) bond motifs is 1. The zero-order valence-electron chi connectivity index (χ0n) is 13.9. The van der Waals surface area contributed by atoms with Crippen molar-refractivity contribution in [3.05, 3.63) is 0 Å². The van der Waals surface area contributed by atoms with Crippen molar-refractivity contribution < 1.29 is 4.74 Å². The lowest BCUT2D eigenvalue weighted by Gasteiger charge is -2.41. The molecule has 0 radical (unpaired) electrons. The molecule has 0 bridgehead atoms. The molecule has 122 valence electrons. The Morgan fingerprint density at radius 3 is 2.86 bits per heavy atom. The first-order valence-electron chi connectivity index (χ1n) is 9.47. The molecule has 0 aromatic rings. The van der Waals surface area contributed by atoms with E-state index in [1.54, 1.807) is 0 Å². The molecule has 3 aliphatic rings. The van der Waals surface area contributed by atoms with Gasteiger partial charge in [-0.05, 0) is 51.0 Å². The zero-order valence-corrected chi connectivity index (χ0v) is 13.9. The van der Waals surface area contributed by atoms with Crippen molar-refractivity contribution in [2.75, 3.05) is 26.2 Å². The van der Waals surface area contributed by atoms with Gasteiger partial charge >= 0.3 is 0 Å². The van der Waals surface area contributed by atoms with Crippen LogP contribution in [0.2, 0.25) is 0 Å². The second-order valence-corrected chi connectivity index (χ2v) is 7.36. The van der Waals surface area contributed by atoms with Crippen LogP contribution in [-0.4, -0.2) is 49.3 Å². The lowest BCUT2D eigenvalue weighted by Crippen LogP contribution is -2.52. The fourth-order valence-electron chi connectivity index (χ4n) is 4.74. The Morgan fingerprint density at radius 1 is 1.05 bits per heavy atom. The van der Waals surface area contributed by atoms with E-state index in [0.717, 1.165) is 31.2 Å². The lowest BCUT2D eigenvalue weighted by molar-refractivity contribution is -0.0620. The number of ether oxygens (including phenoxy) is 1. The maximum absolute atomic E-state index is 5.98. The van der Waals surface area contributed by atoms with Gasteiger partial charge in [-0.15, -0.1) is 0 Å². The van der Waals surface area contributed by atoms with Crippen LogP contribution >= 0.6 is 0 Å². The lowest BCUT2D eigenvalue weighted by atomic mass is 9.92. The molecular formula is C18H34N2O. The van der Waals surface area contributed by atoms with E-state index in [4.69, 9.17) is 4.74 Å². The minimum Gasteiger partial charge on any atom is -0.375 e. The molecule has 2 saturated carbocycles. The largest absolute Gasteiger partial charge is 0.375 e. The summed E-state index contributed by atoms with van der Waals surface area (Å²) in [6.07, 6.45) is 13.0. The van der Waals surface area contributed by atoms with E-state index >= 15 is 0 Å². The van der Waals surface area contributed by atoms with Gasteiger partial charge in [0.1, 0.15) is 0 Å². The summed E-state index contributed by atoms with van der Waals surface area (Å²) in [6.45, 7) is 6.91. The van der Waals surface area contributed by atoms with Crippen LogP contribution in [0.25, 0.3) is 0 Å². The summed E-state index contributed by atoms with van der Waals surface area (Å²) in [7, 11) is 0. The summed E-state index contributed by atoms with van der Waals surface area (Å²) in [4.78, 5) is 2.79. The van der Waals surface area contributed by atoms with E-state index in [0.29, 0.717) is 6.10 Å². The maximum atomic E-state index is 5.98. The Kier molecular flexibility index (Phi) is 5.96. The van der Waals surface area contributed by atoms with Gasteiger partial charge < -0.3 is 10.1 Å². The van der Waals surface area contributed by atoms with Gasteiger partial charge in [0.25, 0.3) is 0 Å². The Labute approximate surface area is 130 Å². The normalized spacial score (nSPS) is 38.1. The number of nitrogens with one attached hydrogen (secondary N) is 1. The van der Waals surface area contributed by atoms with E-state index in [1.165, 1.54) is 70.9 Å². The molecule has 3 nitrogen and oxygen atoms in total. The fourth-order valence-corrected chi connectivity index (χ4v) is 4.74. The van der Waals surface area contributed by atoms with Crippen LogP contribution in [0.4, 0.5) is 0 Å². The van der Waals surface area contributed by atoms with Gasteiger partial charge in [-0.25, -0.2) is 0 Å². The van der Waals surface area contributed by atoms with E-state index in [9.17, 15) is 0 Å². The molecule has 3 heteroatoms. The van der Waals surface area contributed by atoms with Crippen molar-refractivity contribution in [2.24, 2.45) is 5.92 Å². The SMILES string of the molecule is CCCNC1CCCCCC1CN1CCOC2CCCC21. The number of hydrogen-bond acceptors (Lipinski definition) is 3. The molecule has 3 rings (SSSR count). The molecule has 0 amide bonds. The average Bonchev–Trinajstić information content (AvgIpc) is 2.88. The van der Waals surface area contributed by atoms with Crippen molar-refractivity contribution in [2.45, 2.75) is 82.9 Å². The van der Waals surface area contributed by atoms with Crippen LogP contribution in [0.3, 0.4) is 0 Å². The summed E-state index contributed by atoms with van der Waals surface area (Å²) in [5, 5.41) is 3.85. The predicted molar refractivity (Wildman–Crippen MR) is 87.6 cm³/mol. The first kappa shape index (κ1) is 15.8. The van der Waals surface area contributed by atoms with E-state index in [-0.39, 0.29) is 0 Å². The Hall–Kier alpha value is -0.120. The molecule has 0 aromatic heterocycles. The summed E-state index contributed by atoms with van der Waals surface area (Å²) in [5.74, 6) is 0.860. The van der Waals surface area contributed by atoms with Gasteiger partial charge in [0.2, 0.25) is 0 Å². The zero-order chi connectivity index (χ0) is 14.5. The maximum Gasteiger partial charge on any atom is 0.0730 e. The number of hydrogen-bond donors (Lipinski definition) is 1. The fraction of sp³-hybridized carbons (Fsp3) is 1.00. The molecule has 1 aliphatic heterocycles. The number of morpholine rings is 1. The third kappa shape index (κ3) is 4.00. The molecule has 1 N–H and O–H groups in total. The topological polar surface area (TPSA) is 24.5 Å². The first-order valence-corrected chi connectivity index (χ1v) is 9.47. The summed E-state index contributed by atoms with van der Waals surface area (Å²) in [5.41, 5.74) is 0. The van der Waals surface area contributed by atoms with Gasteiger partial charge in [0, 0.05) is 25.2 Å². The van der Waals surface area contributed by atoms with Gasteiger partial charge in [-0.3, -0.25) is 4.90 Å². The van der Waals surface area contributed by atoms with E-state index in [2.05, 4.69) is 17.1 Å². The smallest absolute Gasteiger partial charge is 0.0730 e. The van der Waals surface area contributed by atoms with E-state index in [1.807, 2.05) is 0 Å². The van der Waals surface area contributed by atoms with Crippen molar-refractivity contribution in [3.8, 4) is 0 Å². The quantitative estimate of drug-likeness (QED) is 0.788. The standard InChI is InChI=1S/C18H34N2O/c1-2-11-19-16-8-5-3-4-7-15(16)14-20-12-13-21-18-10-6-9-17(18)20/h15-19H,2-14H2,1H3. The summed E-state index contributed by atoms with van der Waals surface area (Å²) >= 11 is 0. The van der Waals surface area contributed by atoms with Gasteiger partial charge in [-0.1, -0.05) is 26.2 Å². The van der Waals surface area contributed by atoms with E-state index < -0.39 is 0 Å². The Bertz CT molecular complexity index is 310. The summed E-state index contributed by atoms with van der Waals surface area (Å²) in [6, 6.07) is 1.49. The third-order valence-electron chi connectivity index (χ3n) is 5.88. The molecule has 0 spiro atoms. The molecular weight excluding hydrogens is 260 g/mol. The highest BCUT2D eigenvalue weighted by Crippen LogP contribution is 2.32. The number of nitrogens with zero attached hydrogens (tertiary/aromatic N) is 1. The van der Waals surface area contributed by atoms with Crippen LogP contribution in [0.1, 0.15) is 64.7 Å². The van der Waals surface area contributed by atoms with Crippen molar-refractivity contribution in [1.29, 1.82) is 0 Å². The third-order valence-corrected chi connectivity index (χ3v) is 5.88. The van der Waals surface area contributed by atoms with Crippen molar-refractivity contribution >= 4 is 0 Å². The highest BCUT2D eigenvalue weighted by molar-refractivity contribution is 4.92. The van der Waals surface area contributed by atoms with Gasteiger partial charge in [0.15, 0.2) is 0 Å². The van der Waals surface area contributed by atoms with Crippen molar-refractivity contribution in [1.82, 2.24) is 10.2 Å². The molecule has 1 saturated heterocycles. The Balaban J connectivity index is 1.59. The van der Waals surface area contributed by atoms with Crippen LogP contribution in [0.5, 0.6) is 0 Å². The second kappa shape index (κ2) is 7.94. The Morgan fingerprint density at radius 2 is 1.95 bits per heavy atom. The van der Waals surface area contributed by atoms with Crippen molar-refractivity contribution in [3.63, 3.8) is 0 Å². The minimum absolute atomic E-state index is 0.548. The number of rotatable bonds is 5. The van der Waals surface area contributed by atoms with Gasteiger partial charge in [0.05, 0.1) is 12.7 Å². The minimum atomic E-state index is 0.548. The molecule has 0 aromatic carbocycles. The highest BCUT2D eigenvalue weighted by atomic mass is 16.5.